The molecule has 1 aliphatic rings. The van der Waals surface area contributed by atoms with Gasteiger partial charge in [0.2, 0.25) is 5.78 Å². The van der Waals surface area contributed by atoms with Crippen molar-refractivity contribution in [2.45, 2.75) is 23.9 Å². The second kappa shape index (κ2) is 8.70. The van der Waals surface area contributed by atoms with Crippen LogP contribution < -0.4 is 5.56 Å². The van der Waals surface area contributed by atoms with E-state index in [-0.39, 0.29) is 5.56 Å². The number of aromatic nitrogens is 4. The van der Waals surface area contributed by atoms with Crippen LogP contribution >= 0.6 is 46.3 Å². The van der Waals surface area contributed by atoms with Gasteiger partial charge in [-0.3, -0.25) is 4.79 Å². The summed E-state index contributed by atoms with van der Waals surface area (Å²) in [5.41, 5.74) is 2.75. The van der Waals surface area contributed by atoms with E-state index in [9.17, 15) is 4.79 Å². The Kier molecular flexibility index (Phi) is 5.66. The predicted molar refractivity (Wildman–Crippen MR) is 140 cm³/mol. The molecule has 0 unspecified atom stereocenters. The van der Waals surface area contributed by atoms with Gasteiger partial charge in [-0.15, -0.1) is 21.5 Å². The first-order valence-corrected chi connectivity index (χ1v) is 13.3. The van der Waals surface area contributed by atoms with Crippen molar-refractivity contribution in [1.82, 2.24) is 24.1 Å². The Morgan fingerprint density at radius 3 is 2.79 bits per heavy atom. The number of halogens is 2. The van der Waals surface area contributed by atoms with Crippen LogP contribution in [0.5, 0.6) is 0 Å². The molecule has 0 bridgehead atoms. The van der Waals surface area contributed by atoms with Gasteiger partial charge < -0.3 is 4.90 Å². The smallest absolute Gasteiger partial charge is 0.268 e. The number of hydrogen-bond acceptors (Lipinski definition) is 6. The van der Waals surface area contributed by atoms with Gasteiger partial charge >= 0.3 is 0 Å². The molecule has 0 spiro atoms. The van der Waals surface area contributed by atoms with Gasteiger partial charge in [0.15, 0.2) is 5.16 Å². The van der Waals surface area contributed by atoms with E-state index in [2.05, 4.69) is 22.1 Å². The second-order valence-corrected chi connectivity index (χ2v) is 11.2. The molecular weight excluding hydrogens is 509 g/mol. The molecule has 0 radical (unpaired) electrons. The van der Waals surface area contributed by atoms with Gasteiger partial charge in [-0.1, -0.05) is 59.2 Å². The molecule has 3 aromatic heterocycles. The minimum absolute atomic E-state index is 0.0816. The summed E-state index contributed by atoms with van der Waals surface area (Å²) in [4.78, 5) is 18.3. The Hall–Kier alpha value is -2.36. The third kappa shape index (κ3) is 3.65. The van der Waals surface area contributed by atoms with Crippen molar-refractivity contribution in [2.75, 3.05) is 13.6 Å². The van der Waals surface area contributed by atoms with Gasteiger partial charge in [-0.25, -0.2) is 8.97 Å². The topological polar surface area (TPSA) is 55.4 Å². The Bertz CT molecular complexity index is 1620. The summed E-state index contributed by atoms with van der Waals surface area (Å²) >= 11 is 15.9. The Morgan fingerprint density at radius 1 is 1.12 bits per heavy atom. The highest BCUT2D eigenvalue weighted by molar-refractivity contribution is 7.98. The van der Waals surface area contributed by atoms with Crippen LogP contribution in [-0.4, -0.2) is 37.7 Å². The van der Waals surface area contributed by atoms with Crippen LogP contribution in [0.3, 0.4) is 0 Å². The van der Waals surface area contributed by atoms with Crippen molar-refractivity contribution in [3.63, 3.8) is 0 Å². The average molecular weight is 528 g/mol. The summed E-state index contributed by atoms with van der Waals surface area (Å²) < 4.78 is 3.65. The fourth-order valence-electron chi connectivity index (χ4n) is 4.38. The molecule has 1 aliphatic heterocycles. The Labute approximate surface area is 213 Å². The number of hydrogen-bond donors (Lipinski definition) is 0. The van der Waals surface area contributed by atoms with Crippen LogP contribution in [0.25, 0.3) is 21.7 Å². The molecule has 4 heterocycles. The van der Waals surface area contributed by atoms with Gasteiger partial charge in [0.1, 0.15) is 4.83 Å². The molecule has 6 rings (SSSR count). The summed E-state index contributed by atoms with van der Waals surface area (Å²) in [5.74, 6) is 1.12. The molecular formula is C24H19Cl2N5OS2. The summed E-state index contributed by atoms with van der Waals surface area (Å²) in [6, 6.07) is 15.1. The molecule has 0 amide bonds. The zero-order valence-electron chi connectivity index (χ0n) is 18.2. The largest absolute Gasteiger partial charge is 0.301 e. The van der Waals surface area contributed by atoms with Crippen molar-refractivity contribution in [2.24, 2.45) is 0 Å². The lowest BCUT2D eigenvalue weighted by atomic mass is 10.1. The van der Waals surface area contributed by atoms with E-state index in [1.807, 2.05) is 40.8 Å². The van der Waals surface area contributed by atoms with E-state index in [0.29, 0.717) is 22.2 Å². The zero-order chi connectivity index (χ0) is 23.4. The van der Waals surface area contributed by atoms with Crippen molar-refractivity contribution in [3.8, 4) is 5.69 Å². The number of benzene rings is 2. The van der Waals surface area contributed by atoms with E-state index in [1.54, 1.807) is 39.8 Å². The monoisotopic (exact) mass is 527 g/mol. The van der Waals surface area contributed by atoms with E-state index in [0.717, 1.165) is 51.0 Å². The van der Waals surface area contributed by atoms with Gasteiger partial charge in [0.25, 0.3) is 5.56 Å². The SMILES string of the molecule is CN1CCc2c(sc3c2c(=O)n(-c2cccc(Cl)c2)c2nnc(SCc4ccccc4Cl)n32)C1. The maximum absolute atomic E-state index is 13.9. The molecule has 0 fully saturated rings. The van der Waals surface area contributed by atoms with E-state index >= 15 is 0 Å². The lowest BCUT2D eigenvalue weighted by molar-refractivity contribution is 0.318. The molecule has 10 heteroatoms. The third-order valence-corrected chi connectivity index (χ3v) is 8.83. The lowest BCUT2D eigenvalue weighted by Crippen LogP contribution is -2.27. The standard InChI is InChI=1S/C24H19Cl2N5OS2/c1-29-10-9-17-19(12-29)34-22-20(17)21(32)30(16-7-4-6-15(25)11-16)23-27-28-24(31(22)23)33-13-14-5-2-3-8-18(14)26/h2-8,11H,9-10,12-13H2,1H3. The molecule has 5 aromatic rings. The van der Waals surface area contributed by atoms with Crippen LogP contribution in [0.4, 0.5) is 0 Å². The van der Waals surface area contributed by atoms with Crippen LogP contribution in [0.1, 0.15) is 16.0 Å². The highest BCUT2D eigenvalue weighted by atomic mass is 35.5. The van der Waals surface area contributed by atoms with Crippen molar-refractivity contribution >= 4 is 62.3 Å². The summed E-state index contributed by atoms with van der Waals surface area (Å²) in [6.45, 7) is 1.75. The predicted octanol–water partition coefficient (Wildman–Crippen LogP) is 5.68. The minimum Gasteiger partial charge on any atom is -0.301 e. The molecule has 0 N–H and O–H groups in total. The van der Waals surface area contributed by atoms with Crippen molar-refractivity contribution in [1.29, 1.82) is 0 Å². The fraction of sp³-hybridized carbons (Fsp3) is 0.208. The highest BCUT2D eigenvalue weighted by Gasteiger charge is 2.26. The Morgan fingerprint density at radius 2 is 1.97 bits per heavy atom. The Balaban J connectivity index is 1.61. The maximum atomic E-state index is 13.9. The zero-order valence-corrected chi connectivity index (χ0v) is 21.3. The average Bonchev–Trinajstić information content (AvgIpc) is 3.40. The van der Waals surface area contributed by atoms with Crippen LogP contribution in [0, 0.1) is 0 Å². The van der Waals surface area contributed by atoms with Gasteiger partial charge in [0.05, 0.1) is 11.1 Å². The third-order valence-electron chi connectivity index (χ3n) is 6.05. The summed E-state index contributed by atoms with van der Waals surface area (Å²) in [5, 5.41) is 11.7. The molecule has 172 valence electrons. The molecule has 34 heavy (non-hydrogen) atoms. The first-order valence-electron chi connectivity index (χ1n) is 10.8. The second-order valence-electron chi connectivity index (χ2n) is 8.29. The lowest BCUT2D eigenvalue weighted by Gasteiger charge is -2.21. The quantitative estimate of drug-likeness (QED) is 0.281. The molecule has 6 nitrogen and oxygen atoms in total. The molecule has 0 saturated carbocycles. The fourth-order valence-corrected chi connectivity index (χ4v) is 7.26. The van der Waals surface area contributed by atoms with Gasteiger partial charge in [0, 0.05) is 33.8 Å². The summed E-state index contributed by atoms with van der Waals surface area (Å²) in [7, 11) is 2.11. The number of rotatable bonds is 4. The van der Waals surface area contributed by atoms with Crippen LogP contribution in [0.15, 0.2) is 58.5 Å². The van der Waals surface area contributed by atoms with Crippen molar-refractivity contribution in [3.05, 3.63) is 84.9 Å². The molecule has 2 aromatic carbocycles. The summed E-state index contributed by atoms with van der Waals surface area (Å²) in [6.07, 6.45) is 0.840. The minimum atomic E-state index is -0.0816. The van der Waals surface area contributed by atoms with E-state index < -0.39 is 0 Å². The first-order chi connectivity index (χ1) is 16.5. The molecule has 0 saturated heterocycles. The number of nitrogens with zero attached hydrogens (tertiary/aromatic N) is 5. The first kappa shape index (κ1) is 22.1. The van der Waals surface area contributed by atoms with E-state index in [1.165, 1.54) is 4.88 Å². The van der Waals surface area contributed by atoms with Gasteiger partial charge in [-0.05, 0) is 48.9 Å². The van der Waals surface area contributed by atoms with Crippen molar-refractivity contribution < 1.29 is 0 Å². The number of likely N-dealkylation sites (N-methyl/N-ethyl adjacent to an activating group) is 1. The number of thioether (sulfide) groups is 1. The van der Waals surface area contributed by atoms with E-state index in [4.69, 9.17) is 23.2 Å². The van der Waals surface area contributed by atoms with Crippen LogP contribution in [0.2, 0.25) is 10.0 Å². The normalized spacial score (nSPS) is 14.2. The van der Waals surface area contributed by atoms with Crippen LogP contribution in [-0.2, 0) is 18.7 Å². The highest BCUT2D eigenvalue weighted by Crippen LogP contribution is 2.36. The number of thiophene rings is 1. The number of fused-ring (bicyclic) bond motifs is 5. The molecule has 0 aliphatic carbocycles. The maximum Gasteiger partial charge on any atom is 0.268 e. The molecule has 0 atom stereocenters. The van der Waals surface area contributed by atoms with Gasteiger partial charge in [-0.2, -0.15) is 0 Å².